The predicted octanol–water partition coefficient (Wildman–Crippen LogP) is 2.97. The lowest BCUT2D eigenvalue weighted by Gasteiger charge is -2.07. The first-order valence-electron chi connectivity index (χ1n) is 4.96. The van der Waals surface area contributed by atoms with E-state index < -0.39 is 0 Å². The van der Waals surface area contributed by atoms with E-state index in [-0.39, 0.29) is 5.82 Å². The number of hydrogen-bond acceptors (Lipinski definition) is 2. The van der Waals surface area contributed by atoms with Gasteiger partial charge in [0.25, 0.3) is 0 Å². The molecule has 2 nitrogen and oxygen atoms in total. The highest BCUT2D eigenvalue weighted by Gasteiger charge is 2.02. The molecule has 0 aliphatic rings. The zero-order valence-electron chi connectivity index (χ0n) is 8.72. The summed E-state index contributed by atoms with van der Waals surface area (Å²) in [5, 5.41) is 3.06. The number of benzene rings is 1. The van der Waals surface area contributed by atoms with Crippen LogP contribution in [0.5, 0.6) is 5.75 Å². The van der Waals surface area contributed by atoms with Gasteiger partial charge in [-0.2, -0.15) is 0 Å². The topological polar surface area (TPSA) is 21.3 Å². The SMILES string of the molecule is CNCCCCOc1cc(F)ccc1Br. The van der Waals surface area contributed by atoms with E-state index >= 15 is 0 Å². The zero-order chi connectivity index (χ0) is 11.1. The summed E-state index contributed by atoms with van der Waals surface area (Å²) in [7, 11) is 1.92. The van der Waals surface area contributed by atoms with Crippen molar-refractivity contribution in [3.05, 3.63) is 28.5 Å². The van der Waals surface area contributed by atoms with Crippen molar-refractivity contribution in [3.8, 4) is 5.75 Å². The standard InChI is InChI=1S/C11H15BrFNO/c1-14-6-2-3-7-15-11-8-9(13)4-5-10(11)12/h4-5,8,14H,2-3,6-7H2,1H3. The molecule has 1 aromatic carbocycles. The summed E-state index contributed by atoms with van der Waals surface area (Å²) in [6, 6.07) is 4.44. The van der Waals surface area contributed by atoms with Gasteiger partial charge in [0, 0.05) is 6.07 Å². The minimum absolute atomic E-state index is 0.275. The van der Waals surface area contributed by atoms with E-state index in [1.54, 1.807) is 6.07 Å². The first-order chi connectivity index (χ1) is 7.24. The van der Waals surface area contributed by atoms with Crippen LogP contribution in [-0.4, -0.2) is 20.2 Å². The highest BCUT2D eigenvalue weighted by Crippen LogP contribution is 2.25. The fraction of sp³-hybridized carbons (Fsp3) is 0.455. The summed E-state index contributed by atoms with van der Waals surface area (Å²) in [5.74, 6) is 0.294. The molecule has 0 amide bonds. The molecule has 0 aromatic heterocycles. The molecule has 0 atom stereocenters. The molecular weight excluding hydrogens is 261 g/mol. The van der Waals surface area contributed by atoms with Gasteiger partial charge in [0.1, 0.15) is 11.6 Å². The van der Waals surface area contributed by atoms with Crippen molar-refractivity contribution in [2.24, 2.45) is 0 Å². The number of halogens is 2. The molecule has 0 spiro atoms. The number of ether oxygens (including phenoxy) is 1. The Hall–Kier alpha value is -0.610. The Bertz CT molecular complexity index is 307. The Kier molecular flexibility index (Phi) is 5.65. The van der Waals surface area contributed by atoms with Gasteiger partial charge >= 0.3 is 0 Å². The number of unbranched alkanes of at least 4 members (excludes halogenated alkanes) is 1. The van der Waals surface area contributed by atoms with Crippen molar-refractivity contribution in [3.63, 3.8) is 0 Å². The average Bonchev–Trinajstić information content (AvgIpc) is 2.23. The van der Waals surface area contributed by atoms with E-state index in [4.69, 9.17) is 4.74 Å². The zero-order valence-corrected chi connectivity index (χ0v) is 10.3. The lowest BCUT2D eigenvalue weighted by molar-refractivity contribution is 0.303. The van der Waals surface area contributed by atoms with E-state index in [9.17, 15) is 4.39 Å². The van der Waals surface area contributed by atoms with Crippen LogP contribution in [0.4, 0.5) is 4.39 Å². The van der Waals surface area contributed by atoms with Gasteiger partial charge in [0.05, 0.1) is 11.1 Å². The average molecular weight is 276 g/mol. The number of hydrogen-bond donors (Lipinski definition) is 1. The third-order valence-electron chi connectivity index (χ3n) is 1.97. The summed E-state index contributed by atoms with van der Waals surface area (Å²) < 4.78 is 19.1. The Morgan fingerprint density at radius 3 is 2.93 bits per heavy atom. The monoisotopic (exact) mass is 275 g/mol. The third-order valence-corrected chi connectivity index (χ3v) is 2.63. The van der Waals surface area contributed by atoms with E-state index in [0.29, 0.717) is 12.4 Å². The minimum atomic E-state index is -0.275. The van der Waals surface area contributed by atoms with Gasteiger partial charge in [-0.1, -0.05) is 0 Å². The van der Waals surface area contributed by atoms with Gasteiger partial charge in [0.15, 0.2) is 0 Å². The van der Waals surface area contributed by atoms with Crippen LogP contribution in [0, 0.1) is 5.82 Å². The van der Waals surface area contributed by atoms with E-state index in [1.165, 1.54) is 12.1 Å². The Balaban J connectivity index is 2.33. The lowest BCUT2D eigenvalue weighted by atomic mass is 10.3. The van der Waals surface area contributed by atoms with Crippen molar-refractivity contribution >= 4 is 15.9 Å². The molecule has 0 radical (unpaired) electrons. The maximum Gasteiger partial charge on any atom is 0.136 e. The quantitative estimate of drug-likeness (QED) is 0.806. The van der Waals surface area contributed by atoms with Gasteiger partial charge in [-0.25, -0.2) is 4.39 Å². The number of rotatable bonds is 6. The summed E-state index contributed by atoms with van der Waals surface area (Å²) in [6.45, 7) is 1.59. The molecule has 0 fully saturated rings. The van der Waals surface area contributed by atoms with Crippen LogP contribution in [0.2, 0.25) is 0 Å². The fourth-order valence-electron chi connectivity index (χ4n) is 1.17. The highest BCUT2D eigenvalue weighted by atomic mass is 79.9. The molecule has 0 aliphatic carbocycles. The third kappa shape index (κ3) is 4.62. The second-order valence-corrected chi connectivity index (χ2v) is 4.09. The molecule has 0 saturated heterocycles. The lowest BCUT2D eigenvalue weighted by Crippen LogP contribution is -2.09. The molecule has 0 saturated carbocycles. The molecule has 15 heavy (non-hydrogen) atoms. The van der Waals surface area contributed by atoms with Gasteiger partial charge in [-0.15, -0.1) is 0 Å². The van der Waals surface area contributed by atoms with Crippen LogP contribution in [-0.2, 0) is 0 Å². The molecular formula is C11H15BrFNO. The maximum atomic E-state index is 12.9. The summed E-state index contributed by atoms with van der Waals surface area (Å²) in [5.41, 5.74) is 0. The van der Waals surface area contributed by atoms with Crippen molar-refractivity contribution in [1.29, 1.82) is 0 Å². The molecule has 0 bridgehead atoms. The van der Waals surface area contributed by atoms with Crippen LogP contribution in [0.15, 0.2) is 22.7 Å². The normalized spacial score (nSPS) is 10.3. The molecule has 0 heterocycles. The second kappa shape index (κ2) is 6.80. The molecule has 4 heteroatoms. The summed E-state index contributed by atoms with van der Waals surface area (Å²) in [4.78, 5) is 0. The van der Waals surface area contributed by atoms with Crippen molar-refractivity contribution in [2.45, 2.75) is 12.8 Å². The molecule has 1 N–H and O–H groups in total. The van der Waals surface area contributed by atoms with Crippen LogP contribution in [0.1, 0.15) is 12.8 Å². The minimum Gasteiger partial charge on any atom is -0.492 e. The first-order valence-corrected chi connectivity index (χ1v) is 5.76. The largest absolute Gasteiger partial charge is 0.492 e. The van der Waals surface area contributed by atoms with Crippen LogP contribution >= 0.6 is 15.9 Å². The van der Waals surface area contributed by atoms with Gasteiger partial charge in [-0.3, -0.25) is 0 Å². The molecule has 0 aliphatic heterocycles. The van der Waals surface area contributed by atoms with E-state index in [1.807, 2.05) is 7.05 Å². The van der Waals surface area contributed by atoms with Crippen LogP contribution < -0.4 is 10.1 Å². The molecule has 0 unspecified atom stereocenters. The highest BCUT2D eigenvalue weighted by molar-refractivity contribution is 9.10. The summed E-state index contributed by atoms with van der Waals surface area (Å²) in [6.07, 6.45) is 2.02. The molecule has 1 aromatic rings. The second-order valence-electron chi connectivity index (χ2n) is 3.23. The van der Waals surface area contributed by atoms with Gasteiger partial charge in [0.2, 0.25) is 0 Å². The molecule has 84 valence electrons. The van der Waals surface area contributed by atoms with Crippen LogP contribution in [0.3, 0.4) is 0 Å². The molecule has 1 rings (SSSR count). The van der Waals surface area contributed by atoms with Crippen molar-refractivity contribution in [1.82, 2.24) is 5.32 Å². The van der Waals surface area contributed by atoms with Gasteiger partial charge in [-0.05, 0) is 54.5 Å². The summed E-state index contributed by atoms with van der Waals surface area (Å²) >= 11 is 3.31. The van der Waals surface area contributed by atoms with E-state index in [2.05, 4.69) is 21.2 Å². The van der Waals surface area contributed by atoms with Crippen molar-refractivity contribution in [2.75, 3.05) is 20.2 Å². The number of nitrogens with one attached hydrogen (secondary N) is 1. The van der Waals surface area contributed by atoms with Crippen LogP contribution in [0.25, 0.3) is 0 Å². The Labute approximate surface area is 98.0 Å². The Morgan fingerprint density at radius 1 is 1.40 bits per heavy atom. The van der Waals surface area contributed by atoms with Crippen molar-refractivity contribution < 1.29 is 9.13 Å². The maximum absolute atomic E-state index is 12.9. The predicted molar refractivity (Wildman–Crippen MR) is 62.8 cm³/mol. The Morgan fingerprint density at radius 2 is 2.20 bits per heavy atom. The smallest absolute Gasteiger partial charge is 0.136 e. The van der Waals surface area contributed by atoms with Gasteiger partial charge < -0.3 is 10.1 Å². The van der Waals surface area contributed by atoms with E-state index in [0.717, 1.165) is 23.9 Å². The fourth-order valence-corrected chi connectivity index (χ4v) is 1.53. The first kappa shape index (κ1) is 12.5.